The van der Waals surface area contributed by atoms with E-state index in [0.29, 0.717) is 13.0 Å². The highest BCUT2D eigenvalue weighted by Crippen LogP contribution is 2.26. The second kappa shape index (κ2) is 6.70. The van der Waals surface area contributed by atoms with Crippen LogP contribution in [-0.4, -0.2) is 41.0 Å². The number of esters is 1. The van der Waals surface area contributed by atoms with Crippen LogP contribution in [0.15, 0.2) is 41.0 Å². The van der Waals surface area contributed by atoms with Gasteiger partial charge in [-0.15, -0.1) is 0 Å². The molecule has 1 aromatic carbocycles. The van der Waals surface area contributed by atoms with Crippen LogP contribution in [-0.2, 0) is 14.3 Å². The molecule has 0 saturated carbocycles. The zero-order valence-corrected chi connectivity index (χ0v) is 14.7. The first-order chi connectivity index (χ1) is 11.8. The first-order valence-corrected chi connectivity index (χ1v) is 8.40. The number of carbonyl (C=O) groups excluding carboxylic acids is 2. The third-order valence-electron chi connectivity index (χ3n) is 3.91. The van der Waals surface area contributed by atoms with Crippen LogP contribution in [0.5, 0.6) is 0 Å². The van der Waals surface area contributed by atoms with Crippen molar-refractivity contribution in [3.05, 3.63) is 41.6 Å². The summed E-state index contributed by atoms with van der Waals surface area (Å²) in [5, 5.41) is 0. The summed E-state index contributed by atoms with van der Waals surface area (Å²) in [4.78, 5) is 30.4. The van der Waals surface area contributed by atoms with Gasteiger partial charge in [-0.2, -0.15) is 0 Å². The molecule has 1 amide bonds. The van der Waals surface area contributed by atoms with Crippen molar-refractivity contribution < 1.29 is 19.1 Å². The summed E-state index contributed by atoms with van der Waals surface area (Å²) >= 11 is 0. The number of aliphatic imine (C=N–C) groups is 1. The second-order valence-electron chi connectivity index (χ2n) is 7.11. The lowest BCUT2D eigenvalue weighted by Gasteiger charge is -2.27. The molecule has 0 bridgehead atoms. The minimum atomic E-state index is -0.573. The molecule has 0 aliphatic carbocycles. The van der Waals surface area contributed by atoms with Crippen LogP contribution in [0.4, 0.5) is 4.79 Å². The second-order valence-corrected chi connectivity index (χ2v) is 7.11. The summed E-state index contributed by atoms with van der Waals surface area (Å²) < 4.78 is 10.8. The molecular formula is C19H22N2O4. The Labute approximate surface area is 147 Å². The Kier molecular flexibility index (Phi) is 4.61. The summed E-state index contributed by atoms with van der Waals surface area (Å²) in [7, 11) is 0. The van der Waals surface area contributed by atoms with E-state index in [1.165, 1.54) is 0 Å². The van der Waals surface area contributed by atoms with Crippen LogP contribution in [0, 0.1) is 0 Å². The van der Waals surface area contributed by atoms with Gasteiger partial charge in [-0.05, 0) is 45.3 Å². The molecule has 2 heterocycles. The van der Waals surface area contributed by atoms with Crippen molar-refractivity contribution in [2.75, 3.05) is 6.54 Å². The molecule has 1 fully saturated rings. The number of hydrogen-bond acceptors (Lipinski definition) is 5. The third-order valence-corrected chi connectivity index (χ3v) is 3.91. The van der Waals surface area contributed by atoms with Gasteiger partial charge >= 0.3 is 12.1 Å². The van der Waals surface area contributed by atoms with Crippen molar-refractivity contribution in [3.63, 3.8) is 0 Å². The topological polar surface area (TPSA) is 68.2 Å². The summed E-state index contributed by atoms with van der Waals surface area (Å²) in [5.41, 5.74) is 0.545. The highest BCUT2D eigenvalue weighted by atomic mass is 16.6. The fourth-order valence-electron chi connectivity index (χ4n) is 2.84. The van der Waals surface area contributed by atoms with Crippen LogP contribution < -0.4 is 0 Å². The van der Waals surface area contributed by atoms with Gasteiger partial charge in [0.25, 0.3) is 0 Å². The fourth-order valence-corrected chi connectivity index (χ4v) is 2.84. The number of hydrogen-bond donors (Lipinski definition) is 0. The van der Waals surface area contributed by atoms with Crippen LogP contribution in [0.3, 0.4) is 0 Å². The summed E-state index contributed by atoms with van der Waals surface area (Å²) in [6, 6.07) is 9.09. The highest BCUT2D eigenvalue weighted by Gasteiger charge is 2.39. The van der Waals surface area contributed by atoms with Crippen molar-refractivity contribution in [1.29, 1.82) is 0 Å². The van der Waals surface area contributed by atoms with Gasteiger partial charge in [-0.25, -0.2) is 14.6 Å². The molecule has 0 aromatic heterocycles. The minimum absolute atomic E-state index is 0.247. The van der Waals surface area contributed by atoms with E-state index in [4.69, 9.17) is 9.47 Å². The monoisotopic (exact) mass is 342 g/mol. The van der Waals surface area contributed by atoms with Gasteiger partial charge in [0.2, 0.25) is 5.90 Å². The maximum absolute atomic E-state index is 12.4. The molecule has 1 atom stereocenters. The fraction of sp³-hybridized carbons (Fsp3) is 0.421. The van der Waals surface area contributed by atoms with Crippen LogP contribution in [0.25, 0.3) is 6.08 Å². The molecular weight excluding hydrogens is 320 g/mol. The van der Waals surface area contributed by atoms with Gasteiger partial charge in [0.05, 0.1) is 0 Å². The zero-order valence-electron chi connectivity index (χ0n) is 14.7. The number of carbonyl (C=O) groups is 2. The van der Waals surface area contributed by atoms with E-state index in [1.807, 2.05) is 51.1 Å². The normalized spacial score (nSPS) is 22.1. The molecule has 3 rings (SSSR count). The molecule has 2 aliphatic rings. The average molecular weight is 342 g/mol. The van der Waals surface area contributed by atoms with Crippen molar-refractivity contribution in [2.24, 2.45) is 4.99 Å². The van der Waals surface area contributed by atoms with E-state index in [1.54, 1.807) is 11.0 Å². The Balaban J connectivity index is 1.79. The average Bonchev–Trinajstić information content (AvgIpc) is 3.14. The SMILES string of the molecule is CC(C)(C)OC(=O)N1CCCC1C1=N/C(=C\c2ccccc2)C(=O)O1. The summed E-state index contributed by atoms with van der Waals surface area (Å²) in [5.74, 6) is -0.217. The molecule has 0 spiro atoms. The van der Waals surface area contributed by atoms with E-state index in [0.717, 1.165) is 12.0 Å². The zero-order chi connectivity index (χ0) is 18.0. The van der Waals surface area contributed by atoms with E-state index in [9.17, 15) is 9.59 Å². The molecule has 6 nitrogen and oxygen atoms in total. The molecule has 132 valence electrons. The van der Waals surface area contributed by atoms with Crippen molar-refractivity contribution in [3.8, 4) is 0 Å². The predicted octanol–water partition coefficient (Wildman–Crippen LogP) is 3.38. The minimum Gasteiger partial charge on any atom is -0.444 e. The predicted molar refractivity (Wildman–Crippen MR) is 93.9 cm³/mol. The molecule has 1 unspecified atom stereocenters. The number of rotatable bonds is 2. The van der Waals surface area contributed by atoms with Crippen molar-refractivity contribution >= 4 is 24.0 Å². The number of cyclic esters (lactones) is 1. The van der Waals surface area contributed by atoms with Gasteiger partial charge in [-0.1, -0.05) is 30.3 Å². The van der Waals surface area contributed by atoms with Gasteiger partial charge in [0, 0.05) is 6.54 Å². The van der Waals surface area contributed by atoms with Gasteiger partial charge in [0.15, 0.2) is 5.70 Å². The summed E-state index contributed by atoms with van der Waals surface area (Å²) in [6.07, 6.45) is 2.79. The first kappa shape index (κ1) is 17.2. The van der Waals surface area contributed by atoms with Crippen molar-refractivity contribution in [2.45, 2.75) is 45.3 Å². The van der Waals surface area contributed by atoms with Crippen LogP contribution in [0.2, 0.25) is 0 Å². The van der Waals surface area contributed by atoms with E-state index in [-0.39, 0.29) is 17.6 Å². The molecule has 6 heteroatoms. The standard InChI is InChI=1S/C19H22N2O4/c1-19(2,3)25-18(23)21-11-7-10-15(21)16-20-14(17(22)24-16)12-13-8-5-4-6-9-13/h4-6,8-9,12,15H,7,10-11H2,1-3H3/b14-12-. The Bertz CT molecular complexity index is 732. The molecule has 1 aromatic rings. The Morgan fingerprint density at radius 3 is 2.72 bits per heavy atom. The lowest BCUT2D eigenvalue weighted by Crippen LogP contribution is -2.43. The van der Waals surface area contributed by atoms with E-state index in [2.05, 4.69) is 4.99 Å². The lowest BCUT2D eigenvalue weighted by atomic mass is 10.2. The maximum Gasteiger partial charge on any atom is 0.410 e. The molecule has 0 radical (unpaired) electrons. The smallest absolute Gasteiger partial charge is 0.410 e. The Morgan fingerprint density at radius 1 is 1.32 bits per heavy atom. The van der Waals surface area contributed by atoms with Crippen molar-refractivity contribution in [1.82, 2.24) is 4.90 Å². The number of amides is 1. The van der Waals surface area contributed by atoms with Crippen LogP contribution >= 0.6 is 0 Å². The molecule has 1 saturated heterocycles. The van der Waals surface area contributed by atoms with Gasteiger partial charge in [-0.3, -0.25) is 4.90 Å². The number of nitrogens with zero attached hydrogens (tertiary/aromatic N) is 2. The van der Waals surface area contributed by atoms with Gasteiger partial charge < -0.3 is 9.47 Å². The quantitative estimate of drug-likeness (QED) is 0.610. The molecule has 0 N–H and O–H groups in total. The number of ether oxygens (including phenoxy) is 2. The highest BCUT2D eigenvalue weighted by molar-refractivity contribution is 6.09. The molecule has 25 heavy (non-hydrogen) atoms. The van der Waals surface area contributed by atoms with Crippen LogP contribution in [0.1, 0.15) is 39.2 Å². The van der Waals surface area contributed by atoms with Gasteiger partial charge in [0.1, 0.15) is 11.6 Å². The largest absolute Gasteiger partial charge is 0.444 e. The Morgan fingerprint density at radius 2 is 2.04 bits per heavy atom. The van der Waals surface area contributed by atoms with E-state index < -0.39 is 17.7 Å². The Hall–Kier alpha value is -2.63. The lowest BCUT2D eigenvalue weighted by molar-refractivity contribution is -0.130. The summed E-state index contributed by atoms with van der Waals surface area (Å²) in [6.45, 7) is 6.03. The first-order valence-electron chi connectivity index (χ1n) is 8.40. The van der Waals surface area contributed by atoms with E-state index >= 15 is 0 Å². The number of benzene rings is 1. The number of likely N-dealkylation sites (tertiary alicyclic amines) is 1. The molecule has 2 aliphatic heterocycles. The maximum atomic E-state index is 12.4. The third kappa shape index (κ3) is 4.07.